The summed E-state index contributed by atoms with van der Waals surface area (Å²) in [6.45, 7) is 0. The van der Waals surface area contributed by atoms with Crippen LogP contribution in [0.2, 0.25) is 0 Å². The summed E-state index contributed by atoms with van der Waals surface area (Å²) in [6.07, 6.45) is 0.835. The average molecular weight is 354 g/mol. The molecule has 5 heteroatoms. The highest BCUT2D eigenvalue weighted by Crippen LogP contribution is 2.39. The molecule has 130 valence electrons. The zero-order valence-electron chi connectivity index (χ0n) is 14.9. The summed E-state index contributed by atoms with van der Waals surface area (Å²) in [6, 6.07) is 16.3. The molecule has 0 spiro atoms. The first-order valence-electron chi connectivity index (χ1n) is 8.05. The first-order valence-corrected chi connectivity index (χ1v) is 8.87. The van der Waals surface area contributed by atoms with Crippen LogP contribution in [0.3, 0.4) is 0 Å². The number of rotatable bonds is 6. The molecular weight excluding hydrogens is 332 g/mol. The van der Waals surface area contributed by atoms with Gasteiger partial charge in [0.05, 0.1) is 19.9 Å². The lowest BCUT2D eigenvalue weighted by molar-refractivity contribution is 0.404. The zero-order chi connectivity index (χ0) is 17.8. The molecule has 3 aromatic rings. The molecular formula is C20H22N2O2S. The maximum absolute atomic E-state index is 5.57. The molecule has 0 amide bonds. The second-order valence-electron chi connectivity index (χ2n) is 5.89. The molecule has 1 heterocycles. The highest BCUT2D eigenvalue weighted by atomic mass is 32.1. The monoisotopic (exact) mass is 354 g/mol. The van der Waals surface area contributed by atoms with E-state index in [0.717, 1.165) is 34.3 Å². The minimum Gasteiger partial charge on any atom is -0.497 e. The van der Waals surface area contributed by atoms with Crippen molar-refractivity contribution in [1.82, 2.24) is 4.98 Å². The molecule has 0 N–H and O–H groups in total. The molecule has 0 atom stereocenters. The van der Waals surface area contributed by atoms with Gasteiger partial charge in [0, 0.05) is 31.0 Å². The van der Waals surface area contributed by atoms with Crippen LogP contribution in [0.5, 0.6) is 11.5 Å². The number of benzene rings is 2. The van der Waals surface area contributed by atoms with Crippen LogP contribution in [0.25, 0.3) is 11.3 Å². The minimum absolute atomic E-state index is 0.792. The van der Waals surface area contributed by atoms with Crippen molar-refractivity contribution >= 4 is 16.5 Å². The van der Waals surface area contributed by atoms with Crippen molar-refractivity contribution < 1.29 is 9.47 Å². The number of ether oxygens (including phenoxy) is 2. The van der Waals surface area contributed by atoms with Crippen LogP contribution in [-0.4, -0.2) is 33.3 Å². The summed E-state index contributed by atoms with van der Waals surface area (Å²) in [5.41, 5.74) is 3.17. The average Bonchev–Trinajstić information content (AvgIpc) is 3.06. The van der Waals surface area contributed by atoms with E-state index >= 15 is 0 Å². The molecule has 0 fully saturated rings. The predicted octanol–water partition coefficient (Wildman–Crippen LogP) is 4.48. The van der Waals surface area contributed by atoms with E-state index in [1.807, 2.05) is 43.3 Å². The number of hydrogen-bond donors (Lipinski definition) is 0. The fourth-order valence-electron chi connectivity index (χ4n) is 2.64. The van der Waals surface area contributed by atoms with Crippen molar-refractivity contribution in [3.63, 3.8) is 0 Å². The third-order valence-corrected chi connectivity index (χ3v) is 5.16. The van der Waals surface area contributed by atoms with Gasteiger partial charge in [-0.25, -0.2) is 4.98 Å². The van der Waals surface area contributed by atoms with Crippen LogP contribution < -0.4 is 14.4 Å². The molecule has 0 aliphatic carbocycles. The third kappa shape index (κ3) is 3.77. The highest BCUT2D eigenvalue weighted by Gasteiger charge is 2.18. The molecule has 1 aromatic heterocycles. The molecule has 25 heavy (non-hydrogen) atoms. The van der Waals surface area contributed by atoms with Crippen molar-refractivity contribution in [3.8, 4) is 22.8 Å². The van der Waals surface area contributed by atoms with Crippen molar-refractivity contribution in [2.75, 3.05) is 33.2 Å². The fourth-order valence-corrected chi connectivity index (χ4v) is 3.67. The Kier molecular flexibility index (Phi) is 5.24. The van der Waals surface area contributed by atoms with Gasteiger partial charge in [-0.05, 0) is 23.8 Å². The van der Waals surface area contributed by atoms with E-state index in [0.29, 0.717) is 0 Å². The largest absolute Gasteiger partial charge is 0.497 e. The number of thiazole rings is 1. The van der Waals surface area contributed by atoms with Crippen LogP contribution in [0, 0.1) is 0 Å². The standard InChI is InChI=1S/C20H22N2O2S/c1-22(2)20-21-19(16-13-15(23-3)10-11-17(16)24-4)18(25-20)12-14-8-6-5-7-9-14/h5-11,13H,12H2,1-4H3. The van der Waals surface area contributed by atoms with Gasteiger partial charge in [-0.2, -0.15) is 0 Å². The molecule has 0 saturated heterocycles. The Labute approximate surface area is 152 Å². The van der Waals surface area contributed by atoms with Crippen molar-refractivity contribution in [2.24, 2.45) is 0 Å². The fraction of sp³-hybridized carbons (Fsp3) is 0.250. The molecule has 0 aliphatic rings. The molecule has 0 unspecified atom stereocenters. The van der Waals surface area contributed by atoms with Crippen LogP contribution in [0.15, 0.2) is 48.5 Å². The van der Waals surface area contributed by atoms with Gasteiger partial charge in [-0.15, -0.1) is 11.3 Å². The van der Waals surface area contributed by atoms with E-state index < -0.39 is 0 Å². The van der Waals surface area contributed by atoms with E-state index in [1.165, 1.54) is 10.4 Å². The van der Waals surface area contributed by atoms with E-state index in [-0.39, 0.29) is 0 Å². The number of anilines is 1. The van der Waals surface area contributed by atoms with E-state index in [1.54, 1.807) is 25.6 Å². The van der Waals surface area contributed by atoms with Gasteiger partial charge in [0.25, 0.3) is 0 Å². The van der Waals surface area contributed by atoms with Gasteiger partial charge >= 0.3 is 0 Å². The zero-order valence-corrected chi connectivity index (χ0v) is 15.8. The summed E-state index contributed by atoms with van der Waals surface area (Å²) < 4.78 is 11.0. The Morgan fingerprint density at radius 2 is 1.76 bits per heavy atom. The van der Waals surface area contributed by atoms with Crippen LogP contribution in [-0.2, 0) is 6.42 Å². The summed E-state index contributed by atoms with van der Waals surface area (Å²) >= 11 is 1.71. The lowest BCUT2D eigenvalue weighted by atomic mass is 10.1. The van der Waals surface area contributed by atoms with Gasteiger partial charge in [-0.3, -0.25) is 0 Å². The van der Waals surface area contributed by atoms with E-state index in [2.05, 4.69) is 24.3 Å². The van der Waals surface area contributed by atoms with Crippen LogP contribution >= 0.6 is 11.3 Å². The maximum atomic E-state index is 5.57. The number of hydrogen-bond acceptors (Lipinski definition) is 5. The molecule has 4 nitrogen and oxygen atoms in total. The van der Waals surface area contributed by atoms with Gasteiger partial charge in [0.15, 0.2) is 5.13 Å². The second kappa shape index (κ2) is 7.57. The van der Waals surface area contributed by atoms with Gasteiger partial charge in [0.1, 0.15) is 11.5 Å². The molecule has 3 rings (SSSR count). The lowest BCUT2D eigenvalue weighted by Gasteiger charge is -2.10. The normalized spacial score (nSPS) is 10.6. The summed E-state index contributed by atoms with van der Waals surface area (Å²) in [4.78, 5) is 8.12. The first kappa shape index (κ1) is 17.3. The minimum atomic E-state index is 0.792. The maximum Gasteiger partial charge on any atom is 0.185 e. The summed E-state index contributed by atoms with van der Waals surface area (Å²) in [5.74, 6) is 1.59. The molecule has 0 bridgehead atoms. The van der Waals surface area contributed by atoms with Crippen molar-refractivity contribution in [1.29, 1.82) is 0 Å². The number of nitrogens with zero attached hydrogens (tertiary/aromatic N) is 2. The third-order valence-electron chi connectivity index (χ3n) is 3.94. The Balaban J connectivity index is 2.11. The number of methoxy groups -OCH3 is 2. The van der Waals surface area contributed by atoms with E-state index in [9.17, 15) is 0 Å². The summed E-state index contributed by atoms with van der Waals surface area (Å²) in [5, 5.41) is 0.978. The lowest BCUT2D eigenvalue weighted by Crippen LogP contribution is -2.07. The SMILES string of the molecule is COc1ccc(OC)c(-c2nc(N(C)C)sc2Cc2ccccc2)c1. The second-order valence-corrected chi connectivity index (χ2v) is 6.95. The molecule has 0 aliphatic heterocycles. The van der Waals surface area contributed by atoms with Gasteiger partial charge in [-0.1, -0.05) is 30.3 Å². The predicted molar refractivity (Wildman–Crippen MR) is 104 cm³/mol. The van der Waals surface area contributed by atoms with Gasteiger partial charge in [0.2, 0.25) is 0 Å². The van der Waals surface area contributed by atoms with E-state index in [4.69, 9.17) is 14.5 Å². The first-order chi connectivity index (χ1) is 12.1. The Bertz CT molecular complexity index is 844. The Morgan fingerprint density at radius 1 is 1.00 bits per heavy atom. The molecule has 0 saturated carbocycles. The summed E-state index contributed by atoms with van der Waals surface area (Å²) in [7, 11) is 7.37. The van der Waals surface area contributed by atoms with Gasteiger partial charge < -0.3 is 14.4 Å². The molecule has 2 aromatic carbocycles. The smallest absolute Gasteiger partial charge is 0.185 e. The van der Waals surface area contributed by atoms with Crippen LogP contribution in [0.4, 0.5) is 5.13 Å². The van der Waals surface area contributed by atoms with Crippen LogP contribution in [0.1, 0.15) is 10.4 Å². The molecule has 0 radical (unpaired) electrons. The van der Waals surface area contributed by atoms with Crippen molar-refractivity contribution in [2.45, 2.75) is 6.42 Å². The highest BCUT2D eigenvalue weighted by molar-refractivity contribution is 7.16. The Morgan fingerprint density at radius 3 is 2.40 bits per heavy atom. The quantitative estimate of drug-likeness (QED) is 0.653. The number of aromatic nitrogens is 1. The van der Waals surface area contributed by atoms with Crippen molar-refractivity contribution in [3.05, 3.63) is 59.0 Å². The Hall–Kier alpha value is -2.53. The topological polar surface area (TPSA) is 34.6 Å².